The lowest BCUT2D eigenvalue weighted by molar-refractivity contribution is 0.584. The fraction of sp³-hybridized carbons (Fsp3) is 0.0400. The Morgan fingerprint density at radius 1 is 0.742 bits per heavy atom. The van der Waals surface area contributed by atoms with Gasteiger partial charge in [0.2, 0.25) is 5.95 Å². The van der Waals surface area contributed by atoms with Gasteiger partial charge in [-0.1, -0.05) is 42.5 Å². The fourth-order valence-corrected chi connectivity index (χ4v) is 3.46. The number of halogens is 1. The SMILES string of the molecule is Fc1cc(-c2ccc(CNc3ncnc4cc(-c5ccccc5)ccc34)cn2)ccn1. The molecule has 0 aliphatic rings. The lowest BCUT2D eigenvalue weighted by Crippen LogP contribution is -2.03. The third-order valence-electron chi connectivity index (χ3n) is 5.05. The minimum absolute atomic E-state index is 0.517. The summed E-state index contributed by atoms with van der Waals surface area (Å²) in [5, 5.41) is 4.33. The van der Waals surface area contributed by atoms with Gasteiger partial charge in [0, 0.05) is 36.0 Å². The predicted molar refractivity (Wildman–Crippen MR) is 120 cm³/mol. The van der Waals surface area contributed by atoms with E-state index in [-0.39, 0.29) is 0 Å². The first-order valence-corrected chi connectivity index (χ1v) is 9.87. The van der Waals surface area contributed by atoms with Gasteiger partial charge in [-0.3, -0.25) is 4.98 Å². The van der Waals surface area contributed by atoms with Crippen LogP contribution in [0.25, 0.3) is 33.3 Å². The zero-order valence-corrected chi connectivity index (χ0v) is 16.5. The zero-order chi connectivity index (χ0) is 21.0. The van der Waals surface area contributed by atoms with Crippen LogP contribution in [0.15, 0.2) is 91.5 Å². The first-order valence-electron chi connectivity index (χ1n) is 9.87. The number of anilines is 1. The maximum absolute atomic E-state index is 13.3. The summed E-state index contributed by atoms with van der Waals surface area (Å²) in [4.78, 5) is 16.9. The Kier molecular flexibility index (Phi) is 5.02. The van der Waals surface area contributed by atoms with E-state index in [4.69, 9.17) is 0 Å². The van der Waals surface area contributed by atoms with Crippen LogP contribution in [-0.4, -0.2) is 19.9 Å². The van der Waals surface area contributed by atoms with Gasteiger partial charge in [-0.2, -0.15) is 4.39 Å². The molecule has 0 atom stereocenters. The molecule has 3 aromatic heterocycles. The topological polar surface area (TPSA) is 63.6 Å². The average Bonchev–Trinajstić information content (AvgIpc) is 2.83. The van der Waals surface area contributed by atoms with Crippen molar-refractivity contribution in [3.63, 3.8) is 0 Å². The van der Waals surface area contributed by atoms with Gasteiger partial charge in [0.15, 0.2) is 0 Å². The molecule has 6 heteroatoms. The van der Waals surface area contributed by atoms with Crippen LogP contribution >= 0.6 is 0 Å². The van der Waals surface area contributed by atoms with E-state index in [1.54, 1.807) is 18.6 Å². The van der Waals surface area contributed by atoms with Crippen LogP contribution in [0.3, 0.4) is 0 Å². The van der Waals surface area contributed by atoms with Gasteiger partial charge in [-0.15, -0.1) is 0 Å². The zero-order valence-electron chi connectivity index (χ0n) is 16.5. The molecule has 5 aromatic rings. The minimum Gasteiger partial charge on any atom is -0.365 e. The van der Waals surface area contributed by atoms with Crippen molar-refractivity contribution < 1.29 is 4.39 Å². The smallest absolute Gasteiger partial charge is 0.213 e. The lowest BCUT2D eigenvalue weighted by atomic mass is 10.0. The highest BCUT2D eigenvalue weighted by atomic mass is 19.1. The largest absolute Gasteiger partial charge is 0.365 e. The number of pyridine rings is 2. The third kappa shape index (κ3) is 4.09. The lowest BCUT2D eigenvalue weighted by Gasteiger charge is -2.10. The summed E-state index contributed by atoms with van der Waals surface area (Å²) < 4.78 is 13.3. The molecule has 0 aliphatic heterocycles. The molecular weight excluding hydrogens is 389 g/mol. The Labute approximate surface area is 178 Å². The number of hydrogen-bond donors (Lipinski definition) is 1. The number of fused-ring (bicyclic) bond motifs is 1. The van der Waals surface area contributed by atoms with Crippen LogP contribution in [0.2, 0.25) is 0 Å². The molecular formula is C25H18FN5. The number of hydrogen-bond acceptors (Lipinski definition) is 5. The molecule has 0 saturated carbocycles. The number of nitrogens with one attached hydrogen (secondary N) is 1. The molecule has 0 amide bonds. The molecule has 0 unspecified atom stereocenters. The van der Waals surface area contributed by atoms with Crippen molar-refractivity contribution in [3.8, 4) is 22.4 Å². The predicted octanol–water partition coefficient (Wildman–Crippen LogP) is 5.51. The molecule has 5 nitrogen and oxygen atoms in total. The Balaban J connectivity index is 1.35. The van der Waals surface area contributed by atoms with Crippen molar-refractivity contribution in [3.05, 3.63) is 103 Å². The monoisotopic (exact) mass is 407 g/mol. The maximum atomic E-state index is 13.3. The number of aromatic nitrogens is 4. The Bertz CT molecular complexity index is 1340. The summed E-state index contributed by atoms with van der Waals surface area (Å²) >= 11 is 0. The summed E-state index contributed by atoms with van der Waals surface area (Å²) in [5.74, 6) is 0.251. The summed E-state index contributed by atoms with van der Waals surface area (Å²) in [6.07, 6.45) is 4.78. The number of benzene rings is 2. The van der Waals surface area contributed by atoms with Crippen molar-refractivity contribution in [2.24, 2.45) is 0 Å². The summed E-state index contributed by atoms with van der Waals surface area (Å²) in [5.41, 5.74) is 5.54. The van der Waals surface area contributed by atoms with Crippen LogP contribution in [-0.2, 0) is 6.54 Å². The maximum Gasteiger partial charge on any atom is 0.213 e. The first kappa shape index (κ1) is 18.8. The quantitative estimate of drug-likeness (QED) is 0.390. The molecule has 0 fully saturated rings. The average molecular weight is 407 g/mol. The van der Waals surface area contributed by atoms with Crippen molar-refractivity contribution in [1.82, 2.24) is 19.9 Å². The fourth-order valence-electron chi connectivity index (χ4n) is 3.46. The van der Waals surface area contributed by atoms with Crippen LogP contribution < -0.4 is 5.32 Å². The van der Waals surface area contributed by atoms with E-state index >= 15 is 0 Å². The van der Waals surface area contributed by atoms with Gasteiger partial charge >= 0.3 is 0 Å². The van der Waals surface area contributed by atoms with Crippen LogP contribution in [0, 0.1) is 5.95 Å². The summed E-state index contributed by atoms with van der Waals surface area (Å²) in [6, 6.07) is 23.4. The molecule has 31 heavy (non-hydrogen) atoms. The standard InChI is InChI=1S/C25H18FN5/c26-24-13-20(10-11-27-24)22-9-6-17(14-28-22)15-29-25-21-8-7-19(12-23(21)30-16-31-25)18-4-2-1-3-5-18/h1-14,16H,15H2,(H,29,30,31). The van der Waals surface area contributed by atoms with E-state index in [1.165, 1.54) is 12.3 Å². The Morgan fingerprint density at radius 3 is 2.45 bits per heavy atom. The second kappa shape index (κ2) is 8.28. The molecule has 1 N–H and O–H groups in total. The second-order valence-electron chi connectivity index (χ2n) is 7.09. The Morgan fingerprint density at radius 2 is 1.65 bits per heavy atom. The van der Waals surface area contributed by atoms with E-state index in [0.717, 1.165) is 33.4 Å². The summed E-state index contributed by atoms with van der Waals surface area (Å²) in [6.45, 7) is 0.560. The van der Waals surface area contributed by atoms with Crippen molar-refractivity contribution in [1.29, 1.82) is 0 Å². The molecule has 0 aliphatic carbocycles. The van der Waals surface area contributed by atoms with E-state index in [0.29, 0.717) is 17.8 Å². The number of nitrogens with zero attached hydrogens (tertiary/aromatic N) is 4. The molecule has 0 saturated heterocycles. The highest BCUT2D eigenvalue weighted by Crippen LogP contribution is 2.26. The van der Waals surface area contributed by atoms with E-state index < -0.39 is 5.95 Å². The van der Waals surface area contributed by atoms with E-state index in [2.05, 4.69) is 49.5 Å². The molecule has 3 heterocycles. The molecule has 0 bridgehead atoms. The van der Waals surface area contributed by atoms with Gasteiger partial charge in [0.25, 0.3) is 0 Å². The highest BCUT2D eigenvalue weighted by Gasteiger charge is 2.07. The molecule has 5 rings (SSSR count). The van der Waals surface area contributed by atoms with Crippen molar-refractivity contribution >= 4 is 16.7 Å². The summed E-state index contributed by atoms with van der Waals surface area (Å²) in [7, 11) is 0. The molecule has 150 valence electrons. The van der Waals surface area contributed by atoms with Crippen LogP contribution in [0.5, 0.6) is 0 Å². The van der Waals surface area contributed by atoms with Gasteiger partial charge in [-0.25, -0.2) is 15.0 Å². The van der Waals surface area contributed by atoms with Gasteiger partial charge in [-0.05, 0) is 41.0 Å². The van der Waals surface area contributed by atoms with Gasteiger partial charge in [0.05, 0.1) is 11.2 Å². The normalized spacial score (nSPS) is 10.9. The number of rotatable bonds is 5. The second-order valence-corrected chi connectivity index (χ2v) is 7.09. The van der Waals surface area contributed by atoms with Crippen LogP contribution in [0.4, 0.5) is 10.2 Å². The van der Waals surface area contributed by atoms with Gasteiger partial charge < -0.3 is 5.32 Å². The molecule has 0 radical (unpaired) electrons. The van der Waals surface area contributed by atoms with E-state index in [9.17, 15) is 4.39 Å². The van der Waals surface area contributed by atoms with E-state index in [1.807, 2.05) is 36.4 Å². The van der Waals surface area contributed by atoms with Crippen molar-refractivity contribution in [2.45, 2.75) is 6.54 Å². The van der Waals surface area contributed by atoms with Gasteiger partial charge in [0.1, 0.15) is 12.1 Å². The molecule has 2 aromatic carbocycles. The van der Waals surface area contributed by atoms with Crippen LogP contribution in [0.1, 0.15) is 5.56 Å². The first-order chi connectivity index (χ1) is 15.3. The third-order valence-corrected chi connectivity index (χ3v) is 5.05. The minimum atomic E-state index is -0.517. The highest BCUT2D eigenvalue weighted by molar-refractivity contribution is 5.91. The molecule has 0 spiro atoms. The van der Waals surface area contributed by atoms with Crippen molar-refractivity contribution in [2.75, 3.05) is 5.32 Å². The Hall–Kier alpha value is -4.19.